The molecule has 0 aromatic carbocycles. The lowest BCUT2D eigenvalue weighted by atomic mass is 9.66. The summed E-state index contributed by atoms with van der Waals surface area (Å²) in [6, 6.07) is 0. The zero-order chi connectivity index (χ0) is 14.6. The van der Waals surface area contributed by atoms with Crippen molar-refractivity contribution in [3.05, 3.63) is 0 Å². The van der Waals surface area contributed by atoms with Gasteiger partial charge in [-0.2, -0.15) is 0 Å². The van der Waals surface area contributed by atoms with Crippen LogP contribution in [0.5, 0.6) is 0 Å². The predicted octanol–water partition coefficient (Wildman–Crippen LogP) is 4.53. The summed E-state index contributed by atoms with van der Waals surface area (Å²) in [6.45, 7) is 13.7. The molecular formula is C17H32O2. The van der Waals surface area contributed by atoms with E-state index in [0.29, 0.717) is 18.4 Å². The Labute approximate surface area is 119 Å². The van der Waals surface area contributed by atoms with Gasteiger partial charge in [0.05, 0.1) is 12.5 Å². The highest BCUT2D eigenvalue weighted by atomic mass is 16.5. The van der Waals surface area contributed by atoms with Gasteiger partial charge in [-0.1, -0.05) is 48.0 Å². The molecule has 0 spiro atoms. The Morgan fingerprint density at radius 3 is 2.26 bits per heavy atom. The van der Waals surface area contributed by atoms with Crippen molar-refractivity contribution < 1.29 is 9.53 Å². The van der Waals surface area contributed by atoms with Crippen LogP contribution in [0.4, 0.5) is 0 Å². The van der Waals surface area contributed by atoms with E-state index in [9.17, 15) is 4.79 Å². The third kappa shape index (κ3) is 4.81. The van der Waals surface area contributed by atoms with Gasteiger partial charge in [-0.3, -0.25) is 4.79 Å². The SMILES string of the molecule is CC1CCC(C(C)C)C(C(C)COC(=O)C(C)C)C1. The molecule has 2 heteroatoms. The third-order valence-electron chi connectivity index (χ3n) is 4.76. The van der Waals surface area contributed by atoms with Crippen LogP contribution < -0.4 is 0 Å². The highest BCUT2D eigenvalue weighted by molar-refractivity contribution is 5.71. The first kappa shape index (κ1) is 16.5. The molecule has 0 aromatic rings. The van der Waals surface area contributed by atoms with Crippen LogP contribution in [0.15, 0.2) is 0 Å². The second-order valence-corrected chi connectivity index (χ2v) is 7.25. The van der Waals surface area contributed by atoms with Gasteiger partial charge in [0.25, 0.3) is 0 Å². The summed E-state index contributed by atoms with van der Waals surface area (Å²) in [7, 11) is 0. The standard InChI is InChI=1S/C17H32O2/c1-11(2)15-8-7-13(5)9-16(15)14(6)10-19-17(18)12(3)4/h11-16H,7-10H2,1-6H3. The van der Waals surface area contributed by atoms with E-state index in [1.807, 2.05) is 13.8 Å². The first-order valence-electron chi connectivity index (χ1n) is 7.99. The summed E-state index contributed by atoms with van der Waals surface area (Å²) in [5.74, 6) is 3.48. The summed E-state index contributed by atoms with van der Waals surface area (Å²) in [6.07, 6.45) is 3.99. The molecule has 0 N–H and O–H groups in total. The van der Waals surface area contributed by atoms with E-state index < -0.39 is 0 Å². The molecule has 0 bridgehead atoms. The fourth-order valence-corrected chi connectivity index (χ4v) is 3.43. The lowest BCUT2D eigenvalue weighted by Gasteiger charge is -2.40. The molecule has 0 aromatic heterocycles. The molecule has 4 unspecified atom stereocenters. The topological polar surface area (TPSA) is 26.3 Å². The summed E-state index contributed by atoms with van der Waals surface area (Å²) < 4.78 is 5.44. The fraction of sp³-hybridized carbons (Fsp3) is 0.941. The highest BCUT2D eigenvalue weighted by Crippen LogP contribution is 2.41. The van der Waals surface area contributed by atoms with Crippen LogP contribution in [-0.4, -0.2) is 12.6 Å². The molecular weight excluding hydrogens is 236 g/mol. The Morgan fingerprint density at radius 2 is 1.74 bits per heavy atom. The summed E-state index contributed by atoms with van der Waals surface area (Å²) >= 11 is 0. The fourth-order valence-electron chi connectivity index (χ4n) is 3.43. The zero-order valence-electron chi connectivity index (χ0n) is 13.6. The molecule has 0 radical (unpaired) electrons. The van der Waals surface area contributed by atoms with E-state index in [-0.39, 0.29) is 11.9 Å². The van der Waals surface area contributed by atoms with Crippen LogP contribution in [-0.2, 0) is 9.53 Å². The monoisotopic (exact) mass is 268 g/mol. The first-order valence-corrected chi connectivity index (χ1v) is 7.99. The van der Waals surface area contributed by atoms with Crippen LogP contribution in [0.25, 0.3) is 0 Å². The minimum atomic E-state index is -0.0585. The maximum Gasteiger partial charge on any atom is 0.308 e. The van der Waals surface area contributed by atoms with E-state index in [1.165, 1.54) is 19.3 Å². The number of ether oxygens (including phenoxy) is 1. The zero-order valence-corrected chi connectivity index (χ0v) is 13.6. The van der Waals surface area contributed by atoms with Crippen molar-refractivity contribution in [3.63, 3.8) is 0 Å². The van der Waals surface area contributed by atoms with Gasteiger partial charge in [0.2, 0.25) is 0 Å². The minimum absolute atomic E-state index is 0.0154. The quantitative estimate of drug-likeness (QED) is 0.685. The molecule has 1 aliphatic carbocycles. The van der Waals surface area contributed by atoms with Gasteiger partial charge in [0, 0.05) is 0 Å². The van der Waals surface area contributed by atoms with Crippen LogP contribution in [0.1, 0.15) is 60.8 Å². The number of carbonyl (C=O) groups is 1. The average molecular weight is 268 g/mol. The molecule has 0 saturated heterocycles. The van der Waals surface area contributed by atoms with Gasteiger partial charge in [-0.05, 0) is 42.4 Å². The Morgan fingerprint density at radius 1 is 1.11 bits per heavy atom. The lowest BCUT2D eigenvalue weighted by Crippen LogP contribution is -2.34. The Balaban J connectivity index is 2.55. The van der Waals surface area contributed by atoms with Crippen molar-refractivity contribution in [1.29, 1.82) is 0 Å². The van der Waals surface area contributed by atoms with Crippen molar-refractivity contribution in [3.8, 4) is 0 Å². The molecule has 1 fully saturated rings. The number of hydrogen-bond acceptors (Lipinski definition) is 2. The third-order valence-corrected chi connectivity index (χ3v) is 4.76. The number of carbonyl (C=O) groups excluding carboxylic acids is 1. The molecule has 1 rings (SSSR count). The molecule has 1 aliphatic rings. The maximum absolute atomic E-state index is 11.6. The number of rotatable bonds is 5. The molecule has 0 heterocycles. The Kier molecular flexibility index (Phi) is 6.35. The van der Waals surface area contributed by atoms with E-state index in [4.69, 9.17) is 4.74 Å². The second-order valence-electron chi connectivity index (χ2n) is 7.25. The number of esters is 1. The van der Waals surface area contributed by atoms with Crippen LogP contribution >= 0.6 is 0 Å². The largest absolute Gasteiger partial charge is 0.465 e. The van der Waals surface area contributed by atoms with E-state index in [1.54, 1.807) is 0 Å². The van der Waals surface area contributed by atoms with Crippen molar-refractivity contribution in [2.75, 3.05) is 6.61 Å². The van der Waals surface area contributed by atoms with Gasteiger partial charge < -0.3 is 4.74 Å². The predicted molar refractivity (Wildman–Crippen MR) is 79.8 cm³/mol. The van der Waals surface area contributed by atoms with Crippen molar-refractivity contribution in [1.82, 2.24) is 0 Å². The number of hydrogen-bond donors (Lipinski definition) is 0. The van der Waals surface area contributed by atoms with Gasteiger partial charge in [0.1, 0.15) is 0 Å². The normalized spacial score (nSPS) is 29.6. The summed E-state index contributed by atoms with van der Waals surface area (Å²) in [5.41, 5.74) is 0. The summed E-state index contributed by atoms with van der Waals surface area (Å²) in [5, 5.41) is 0. The molecule has 0 aliphatic heterocycles. The highest BCUT2D eigenvalue weighted by Gasteiger charge is 2.34. The molecule has 2 nitrogen and oxygen atoms in total. The van der Waals surface area contributed by atoms with Gasteiger partial charge in [-0.15, -0.1) is 0 Å². The minimum Gasteiger partial charge on any atom is -0.465 e. The maximum atomic E-state index is 11.6. The Hall–Kier alpha value is -0.530. The van der Waals surface area contributed by atoms with Crippen LogP contribution in [0.2, 0.25) is 0 Å². The first-order chi connectivity index (χ1) is 8.82. The van der Waals surface area contributed by atoms with Crippen LogP contribution in [0, 0.1) is 35.5 Å². The summed E-state index contributed by atoms with van der Waals surface area (Å²) in [4.78, 5) is 11.6. The molecule has 1 saturated carbocycles. The van der Waals surface area contributed by atoms with Gasteiger partial charge >= 0.3 is 5.97 Å². The van der Waals surface area contributed by atoms with Gasteiger partial charge in [-0.25, -0.2) is 0 Å². The molecule has 112 valence electrons. The molecule has 0 amide bonds. The molecule has 4 atom stereocenters. The molecule has 19 heavy (non-hydrogen) atoms. The van der Waals surface area contributed by atoms with Crippen molar-refractivity contribution in [2.45, 2.75) is 60.8 Å². The second kappa shape index (κ2) is 7.31. The van der Waals surface area contributed by atoms with Crippen molar-refractivity contribution >= 4 is 5.97 Å². The van der Waals surface area contributed by atoms with Gasteiger partial charge in [0.15, 0.2) is 0 Å². The lowest BCUT2D eigenvalue weighted by molar-refractivity contribution is -0.149. The smallest absolute Gasteiger partial charge is 0.308 e. The Bertz CT molecular complexity index is 283. The van der Waals surface area contributed by atoms with Crippen LogP contribution in [0.3, 0.4) is 0 Å². The van der Waals surface area contributed by atoms with E-state index in [0.717, 1.165) is 17.8 Å². The van der Waals surface area contributed by atoms with Crippen molar-refractivity contribution in [2.24, 2.45) is 35.5 Å². The average Bonchev–Trinajstić information content (AvgIpc) is 2.34. The van der Waals surface area contributed by atoms with E-state index in [2.05, 4.69) is 27.7 Å². The van der Waals surface area contributed by atoms with E-state index >= 15 is 0 Å².